The minimum Gasteiger partial charge on any atom is -0.406 e. The van der Waals surface area contributed by atoms with E-state index in [4.69, 9.17) is 20.8 Å². The van der Waals surface area contributed by atoms with Crippen LogP contribution in [0.3, 0.4) is 0 Å². The van der Waals surface area contributed by atoms with E-state index in [1.807, 2.05) is 0 Å². The minimum atomic E-state index is -0.252. The number of alkyl halides is 1. The Hall–Kier alpha value is -0.810. The third-order valence-corrected chi connectivity index (χ3v) is 3.01. The highest BCUT2D eigenvalue weighted by atomic mass is 35.5. The summed E-state index contributed by atoms with van der Waals surface area (Å²) in [6.45, 7) is 1.80. The van der Waals surface area contributed by atoms with E-state index < -0.39 is 0 Å². The van der Waals surface area contributed by atoms with Gasteiger partial charge in [-0.15, -0.1) is 16.7 Å². The van der Waals surface area contributed by atoms with Gasteiger partial charge in [0.1, 0.15) is 5.38 Å². The van der Waals surface area contributed by atoms with Gasteiger partial charge in [0.05, 0.1) is 6.10 Å². The van der Waals surface area contributed by atoms with Crippen molar-refractivity contribution in [3.05, 3.63) is 5.89 Å². The highest BCUT2D eigenvalue weighted by Gasteiger charge is 2.25. The lowest BCUT2D eigenvalue weighted by Crippen LogP contribution is -2.17. The number of anilines is 1. The maximum Gasteiger partial charge on any atom is 0.315 e. The average Bonchev–Trinajstić information content (AvgIpc) is 2.87. The van der Waals surface area contributed by atoms with Gasteiger partial charge < -0.3 is 14.5 Å². The standard InChI is InChI=1S/C10H16ClN3O2/c1-6(11)9-13-14-10(16-9)12-7-3-4-8(5-7)15-2/h6-8H,3-5H2,1-2H3,(H,12,14). The number of hydrogen-bond donors (Lipinski definition) is 1. The molecule has 1 heterocycles. The van der Waals surface area contributed by atoms with Gasteiger partial charge in [0, 0.05) is 13.2 Å². The number of nitrogens with zero attached hydrogens (tertiary/aromatic N) is 2. The van der Waals surface area contributed by atoms with Crippen LogP contribution < -0.4 is 5.32 Å². The lowest BCUT2D eigenvalue weighted by molar-refractivity contribution is 0.108. The number of methoxy groups -OCH3 is 1. The molecule has 1 saturated carbocycles. The summed E-state index contributed by atoms with van der Waals surface area (Å²) < 4.78 is 10.7. The van der Waals surface area contributed by atoms with Crippen molar-refractivity contribution in [3.8, 4) is 0 Å². The number of ether oxygens (including phenoxy) is 1. The van der Waals surface area contributed by atoms with Crippen LogP contribution in [0.5, 0.6) is 0 Å². The smallest absolute Gasteiger partial charge is 0.315 e. The van der Waals surface area contributed by atoms with Crippen molar-refractivity contribution in [1.82, 2.24) is 10.2 Å². The normalized spacial score (nSPS) is 26.9. The highest BCUT2D eigenvalue weighted by molar-refractivity contribution is 6.20. The molecule has 0 aromatic carbocycles. The molecular weight excluding hydrogens is 230 g/mol. The molecule has 3 unspecified atom stereocenters. The summed E-state index contributed by atoms with van der Waals surface area (Å²) in [5.41, 5.74) is 0. The van der Waals surface area contributed by atoms with E-state index >= 15 is 0 Å². The van der Waals surface area contributed by atoms with Gasteiger partial charge in [-0.25, -0.2) is 0 Å². The van der Waals surface area contributed by atoms with Crippen LogP contribution in [0, 0.1) is 0 Å². The summed E-state index contributed by atoms with van der Waals surface area (Å²) in [5, 5.41) is 10.7. The first-order valence-corrected chi connectivity index (χ1v) is 5.89. The van der Waals surface area contributed by atoms with Crippen molar-refractivity contribution in [1.29, 1.82) is 0 Å². The van der Waals surface area contributed by atoms with Crippen molar-refractivity contribution in [2.45, 2.75) is 43.7 Å². The molecule has 0 spiro atoms. The Morgan fingerprint density at radius 2 is 2.31 bits per heavy atom. The molecule has 0 bridgehead atoms. The van der Waals surface area contributed by atoms with E-state index in [0.29, 0.717) is 24.1 Å². The van der Waals surface area contributed by atoms with Gasteiger partial charge >= 0.3 is 6.01 Å². The van der Waals surface area contributed by atoms with Gasteiger partial charge in [-0.1, -0.05) is 5.10 Å². The molecule has 0 aliphatic heterocycles. The summed E-state index contributed by atoms with van der Waals surface area (Å²) in [5.74, 6) is 0.449. The van der Waals surface area contributed by atoms with Crippen LogP contribution in [-0.4, -0.2) is 29.5 Å². The van der Waals surface area contributed by atoms with E-state index in [0.717, 1.165) is 19.3 Å². The van der Waals surface area contributed by atoms with Crippen LogP contribution in [0.25, 0.3) is 0 Å². The van der Waals surface area contributed by atoms with Crippen molar-refractivity contribution < 1.29 is 9.15 Å². The number of nitrogens with one attached hydrogen (secondary N) is 1. The summed E-state index contributed by atoms with van der Waals surface area (Å²) in [7, 11) is 1.74. The first-order valence-electron chi connectivity index (χ1n) is 5.46. The largest absolute Gasteiger partial charge is 0.406 e. The number of rotatable bonds is 4. The monoisotopic (exact) mass is 245 g/mol. The predicted molar refractivity (Wildman–Crippen MR) is 60.6 cm³/mol. The first-order chi connectivity index (χ1) is 7.69. The minimum absolute atomic E-state index is 0.252. The Kier molecular flexibility index (Phi) is 3.66. The van der Waals surface area contributed by atoms with Crippen molar-refractivity contribution in [2.75, 3.05) is 12.4 Å². The third-order valence-electron chi connectivity index (χ3n) is 2.83. The predicted octanol–water partition coefficient (Wildman–Crippen LogP) is 2.35. The molecule has 5 nitrogen and oxygen atoms in total. The Morgan fingerprint density at radius 3 is 2.88 bits per heavy atom. The lowest BCUT2D eigenvalue weighted by atomic mass is 10.2. The molecule has 0 amide bonds. The second-order valence-corrected chi connectivity index (χ2v) is 4.73. The number of hydrogen-bond acceptors (Lipinski definition) is 5. The Morgan fingerprint density at radius 1 is 1.50 bits per heavy atom. The van der Waals surface area contributed by atoms with Crippen molar-refractivity contribution in [3.63, 3.8) is 0 Å². The van der Waals surface area contributed by atoms with E-state index in [1.54, 1.807) is 14.0 Å². The maximum absolute atomic E-state index is 5.83. The Labute approximate surface area is 99.5 Å². The zero-order chi connectivity index (χ0) is 11.5. The van der Waals surface area contributed by atoms with Crippen LogP contribution >= 0.6 is 11.6 Å². The fourth-order valence-corrected chi connectivity index (χ4v) is 2.00. The van der Waals surface area contributed by atoms with Crippen LogP contribution in [0.1, 0.15) is 37.5 Å². The molecule has 90 valence electrons. The molecule has 16 heavy (non-hydrogen) atoms. The zero-order valence-electron chi connectivity index (χ0n) is 9.44. The fourth-order valence-electron chi connectivity index (χ4n) is 1.91. The maximum atomic E-state index is 5.83. The van der Waals surface area contributed by atoms with E-state index in [1.165, 1.54) is 0 Å². The van der Waals surface area contributed by atoms with E-state index in [-0.39, 0.29) is 5.38 Å². The molecule has 3 atom stereocenters. The molecule has 1 aromatic heterocycles. The third kappa shape index (κ3) is 2.65. The highest BCUT2D eigenvalue weighted by Crippen LogP contribution is 2.25. The van der Waals surface area contributed by atoms with Gasteiger partial charge in [-0.2, -0.15) is 0 Å². The molecule has 1 aliphatic rings. The molecule has 1 fully saturated rings. The van der Waals surface area contributed by atoms with Gasteiger partial charge in [-0.3, -0.25) is 0 Å². The second kappa shape index (κ2) is 5.01. The summed E-state index contributed by atoms with van der Waals surface area (Å²) in [6, 6.07) is 0.799. The Balaban J connectivity index is 1.89. The number of aromatic nitrogens is 2. The molecule has 0 saturated heterocycles. The first kappa shape index (κ1) is 11.7. The van der Waals surface area contributed by atoms with Crippen molar-refractivity contribution in [2.24, 2.45) is 0 Å². The van der Waals surface area contributed by atoms with E-state index in [2.05, 4.69) is 15.5 Å². The average molecular weight is 246 g/mol. The topological polar surface area (TPSA) is 60.2 Å². The zero-order valence-corrected chi connectivity index (χ0v) is 10.2. The second-order valence-electron chi connectivity index (χ2n) is 4.07. The van der Waals surface area contributed by atoms with Gasteiger partial charge in [0.25, 0.3) is 0 Å². The van der Waals surface area contributed by atoms with Crippen molar-refractivity contribution >= 4 is 17.6 Å². The van der Waals surface area contributed by atoms with Gasteiger partial charge in [-0.05, 0) is 26.2 Å². The quantitative estimate of drug-likeness (QED) is 0.825. The van der Waals surface area contributed by atoms with E-state index in [9.17, 15) is 0 Å². The summed E-state index contributed by atoms with van der Waals surface area (Å²) >= 11 is 5.83. The molecule has 0 radical (unpaired) electrons. The number of halogens is 1. The van der Waals surface area contributed by atoms with Crippen LogP contribution in [0.4, 0.5) is 6.01 Å². The molecule has 1 N–H and O–H groups in total. The fraction of sp³-hybridized carbons (Fsp3) is 0.800. The molecule has 6 heteroatoms. The van der Waals surface area contributed by atoms with Gasteiger partial charge in [0.2, 0.25) is 5.89 Å². The molecule has 1 aliphatic carbocycles. The SMILES string of the molecule is COC1CCC(Nc2nnc(C(C)Cl)o2)C1. The molecular formula is C10H16ClN3O2. The lowest BCUT2D eigenvalue weighted by Gasteiger charge is -2.10. The molecule has 1 aromatic rings. The summed E-state index contributed by atoms with van der Waals surface area (Å²) in [4.78, 5) is 0. The molecule has 2 rings (SSSR count). The van der Waals surface area contributed by atoms with Crippen LogP contribution in [-0.2, 0) is 4.74 Å². The summed E-state index contributed by atoms with van der Waals surface area (Å²) in [6.07, 6.45) is 3.45. The van der Waals surface area contributed by atoms with Crippen LogP contribution in [0.2, 0.25) is 0 Å². The van der Waals surface area contributed by atoms with Gasteiger partial charge in [0.15, 0.2) is 0 Å². The van der Waals surface area contributed by atoms with Crippen LogP contribution in [0.15, 0.2) is 4.42 Å². The Bertz CT molecular complexity index is 343.